The molecular formula is C22H21N3O. The van der Waals surface area contributed by atoms with E-state index in [1.807, 2.05) is 24.3 Å². The zero-order chi connectivity index (χ0) is 17.6. The molecule has 0 unspecified atom stereocenters. The quantitative estimate of drug-likeness (QED) is 0.464. The molecule has 0 radical (unpaired) electrons. The van der Waals surface area contributed by atoms with Crippen molar-refractivity contribution in [3.8, 4) is 5.75 Å². The molecule has 2 aromatic carbocycles. The Kier molecular flexibility index (Phi) is 4.92. The van der Waals surface area contributed by atoms with Gasteiger partial charge in [-0.15, -0.1) is 0 Å². The molecule has 0 aliphatic heterocycles. The van der Waals surface area contributed by atoms with E-state index in [9.17, 15) is 0 Å². The average Bonchev–Trinajstić information content (AvgIpc) is 3.04. The summed E-state index contributed by atoms with van der Waals surface area (Å²) in [6.07, 6.45) is 5.29. The lowest BCUT2D eigenvalue weighted by atomic mass is 10.2. The van der Waals surface area contributed by atoms with Crippen LogP contribution in [0.15, 0.2) is 79.1 Å². The summed E-state index contributed by atoms with van der Waals surface area (Å²) in [5, 5.41) is 0. The number of aromatic nitrogens is 3. The number of hydrogen-bond acceptors (Lipinski definition) is 3. The second kappa shape index (κ2) is 7.83. The maximum Gasteiger partial charge on any atom is 0.122 e. The van der Waals surface area contributed by atoms with Crippen molar-refractivity contribution in [3.63, 3.8) is 0 Å². The van der Waals surface area contributed by atoms with Crippen LogP contribution in [0.4, 0.5) is 0 Å². The van der Waals surface area contributed by atoms with E-state index in [1.54, 1.807) is 12.4 Å². The van der Waals surface area contributed by atoms with Crippen LogP contribution < -0.4 is 4.74 Å². The molecule has 4 heteroatoms. The Balaban J connectivity index is 1.49. The molecule has 0 fully saturated rings. The van der Waals surface area contributed by atoms with Crippen LogP contribution in [0, 0.1) is 0 Å². The highest BCUT2D eigenvalue weighted by molar-refractivity contribution is 5.76. The van der Waals surface area contributed by atoms with E-state index < -0.39 is 0 Å². The minimum Gasteiger partial charge on any atom is -0.493 e. The van der Waals surface area contributed by atoms with Gasteiger partial charge in [-0.25, -0.2) is 4.98 Å². The highest BCUT2D eigenvalue weighted by atomic mass is 16.5. The lowest BCUT2D eigenvalue weighted by Crippen LogP contribution is -2.07. The molecule has 4 rings (SSSR count). The molecule has 0 atom stereocenters. The van der Waals surface area contributed by atoms with Crippen LogP contribution in [0.1, 0.15) is 17.8 Å². The van der Waals surface area contributed by atoms with Gasteiger partial charge in [-0.05, 0) is 36.2 Å². The second-order valence-electron chi connectivity index (χ2n) is 6.22. The van der Waals surface area contributed by atoms with Gasteiger partial charge in [0.25, 0.3) is 0 Å². The van der Waals surface area contributed by atoms with Crippen molar-refractivity contribution in [2.45, 2.75) is 19.4 Å². The topological polar surface area (TPSA) is 39.9 Å². The van der Waals surface area contributed by atoms with Gasteiger partial charge >= 0.3 is 0 Å². The van der Waals surface area contributed by atoms with Crippen LogP contribution in [0.5, 0.6) is 5.75 Å². The Morgan fingerprint density at radius 1 is 0.846 bits per heavy atom. The molecular weight excluding hydrogens is 322 g/mol. The van der Waals surface area contributed by atoms with Crippen molar-refractivity contribution in [1.29, 1.82) is 0 Å². The molecule has 0 saturated carbocycles. The minimum atomic E-state index is 0.665. The predicted octanol–water partition coefficient (Wildman–Crippen LogP) is 4.49. The average molecular weight is 343 g/mol. The van der Waals surface area contributed by atoms with E-state index in [0.717, 1.165) is 36.5 Å². The van der Waals surface area contributed by atoms with Crippen molar-refractivity contribution in [1.82, 2.24) is 14.5 Å². The fourth-order valence-corrected chi connectivity index (χ4v) is 3.11. The molecule has 26 heavy (non-hydrogen) atoms. The summed E-state index contributed by atoms with van der Waals surface area (Å²) in [6, 6.07) is 22.6. The van der Waals surface area contributed by atoms with Gasteiger partial charge in [0.1, 0.15) is 11.6 Å². The first-order valence-corrected chi connectivity index (χ1v) is 8.91. The molecule has 4 nitrogen and oxygen atoms in total. The van der Waals surface area contributed by atoms with E-state index in [0.29, 0.717) is 6.61 Å². The summed E-state index contributed by atoms with van der Waals surface area (Å²) in [7, 11) is 0. The fourth-order valence-electron chi connectivity index (χ4n) is 3.11. The standard InChI is InChI=1S/C22H21N3O/c1-2-7-18(8-3-1)17-25-21-10-5-4-9-20(21)24-22(25)11-6-16-26-19-12-14-23-15-13-19/h1-5,7-10,12-15H,6,11,16-17H2. The van der Waals surface area contributed by atoms with E-state index in [4.69, 9.17) is 9.72 Å². The minimum absolute atomic E-state index is 0.665. The highest BCUT2D eigenvalue weighted by Gasteiger charge is 2.10. The zero-order valence-electron chi connectivity index (χ0n) is 14.6. The third kappa shape index (κ3) is 3.75. The molecule has 2 aromatic heterocycles. The van der Waals surface area contributed by atoms with Crippen molar-refractivity contribution < 1.29 is 4.74 Å². The van der Waals surface area contributed by atoms with Crippen LogP contribution in [0.3, 0.4) is 0 Å². The monoisotopic (exact) mass is 343 g/mol. The van der Waals surface area contributed by atoms with E-state index in [-0.39, 0.29) is 0 Å². The SMILES string of the molecule is c1ccc(Cn2c(CCCOc3ccncc3)nc3ccccc32)cc1. The summed E-state index contributed by atoms with van der Waals surface area (Å²) in [5.41, 5.74) is 3.51. The summed E-state index contributed by atoms with van der Waals surface area (Å²) < 4.78 is 8.10. The van der Waals surface area contributed by atoms with Crippen LogP contribution in [0.2, 0.25) is 0 Å². The molecule has 0 bridgehead atoms. The highest BCUT2D eigenvalue weighted by Crippen LogP contribution is 2.19. The largest absolute Gasteiger partial charge is 0.493 e. The van der Waals surface area contributed by atoms with Crippen LogP contribution in [-0.2, 0) is 13.0 Å². The number of nitrogens with zero attached hydrogens (tertiary/aromatic N) is 3. The molecule has 2 heterocycles. The molecule has 0 N–H and O–H groups in total. The van der Waals surface area contributed by atoms with E-state index in [1.165, 1.54) is 11.1 Å². The van der Waals surface area contributed by atoms with Crippen molar-refractivity contribution >= 4 is 11.0 Å². The zero-order valence-corrected chi connectivity index (χ0v) is 14.6. The number of imidazole rings is 1. The van der Waals surface area contributed by atoms with Crippen molar-refractivity contribution in [2.75, 3.05) is 6.61 Å². The Bertz CT molecular complexity index is 965. The van der Waals surface area contributed by atoms with Gasteiger partial charge in [0.05, 0.1) is 17.6 Å². The van der Waals surface area contributed by atoms with Gasteiger partial charge in [0.2, 0.25) is 0 Å². The van der Waals surface area contributed by atoms with E-state index in [2.05, 4.69) is 52.0 Å². The molecule has 0 aliphatic carbocycles. The maximum absolute atomic E-state index is 5.78. The number of hydrogen-bond donors (Lipinski definition) is 0. The van der Waals surface area contributed by atoms with E-state index >= 15 is 0 Å². The first kappa shape index (κ1) is 16.3. The van der Waals surface area contributed by atoms with Gasteiger partial charge in [0.15, 0.2) is 0 Å². The van der Waals surface area contributed by atoms with Crippen molar-refractivity contribution in [2.24, 2.45) is 0 Å². The number of aryl methyl sites for hydroxylation is 1. The predicted molar refractivity (Wildman–Crippen MR) is 103 cm³/mol. The summed E-state index contributed by atoms with van der Waals surface area (Å²) >= 11 is 0. The lowest BCUT2D eigenvalue weighted by molar-refractivity contribution is 0.309. The third-order valence-electron chi connectivity index (χ3n) is 4.38. The van der Waals surface area contributed by atoms with Gasteiger partial charge in [0, 0.05) is 25.4 Å². The molecule has 4 aromatic rings. The number of benzene rings is 2. The molecule has 0 saturated heterocycles. The second-order valence-corrected chi connectivity index (χ2v) is 6.22. The Morgan fingerprint density at radius 3 is 2.46 bits per heavy atom. The molecule has 0 aliphatic rings. The Morgan fingerprint density at radius 2 is 1.62 bits per heavy atom. The van der Waals surface area contributed by atoms with Crippen LogP contribution >= 0.6 is 0 Å². The van der Waals surface area contributed by atoms with Gasteiger partial charge < -0.3 is 9.30 Å². The first-order valence-electron chi connectivity index (χ1n) is 8.91. The fraction of sp³-hybridized carbons (Fsp3) is 0.182. The van der Waals surface area contributed by atoms with Gasteiger partial charge in [-0.3, -0.25) is 4.98 Å². The van der Waals surface area contributed by atoms with Crippen LogP contribution in [-0.4, -0.2) is 21.1 Å². The van der Waals surface area contributed by atoms with Gasteiger partial charge in [-0.1, -0.05) is 42.5 Å². The molecule has 0 spiro atoms. The summed E-state index contributed by atoms with van der Waals surface area (Å²) in [6.45, 7) is 1.50. The Labute approximate surface area is 153 Å². The Hall–Kier alpha value is -3.14. The van der Waals surface area contributed by atoms with Gasteiger partial charge in [-0.2, -0.15) is 0 Å². The molecule has 130 valence electrons. The lowest BCUT2D eigenvalue weighted by Gasteiger charge is -2.10. The smallest absolute Gasteiger partial charge is 0.122 e. The third-order valence-corrected chi connectivity index (χ3v) is 4.38. The number of pyridine rings is 1. The first-order chi connectivity index (χ1) is 12.9. The number of ether oxygens (including phenoxy) is 1. The summed E-state index contributed by atoms with van der Waals surface area (Å²) in [5.74, 6) is 1.96. The number of rotatable bonds is 7. The van der Waals surface area contributed by atoms with Crippen molar-refractivity contribution in [3.05, 3.63) is 90.5 Å². The maximum atomic E-state index is 5.78. The summed E-state index contributed by atoms with van der Waals surface area (Å²) in [4.78, 5) is 8.85. The van der Waals surface area contributed by atoms with Crippen LogP contribution in [0.25, 0.3) is 11.0 Å². The molecule has 0 amide bonds. The number of fused-ring (bicyclic) bond motifs is 1. The normalized spacial score (nSPS) is 10.9. The number of para-hydroxylation sites is 2.